The summed E-state index contributed by atoms with van der Waals surface area (Å²) in [5.41, 5.74) is 1.39. The molecule has 1 aromatic heterocycles. The molecule has 0 atom stereocenters. The van der Waals surface area contributed by atoms with Gasteiger partial charge in [0, 0.05) is 18.8 Å². The highest BCUT2D eigenvalue weighted by Gasteiger charge is 2.14. The van der Waals surface area contributed by atoms with Crippen LogP contribution in [0.25, 0.3) is 0 Å². The molecule has 0 radical (unpaired) electrons. The third-order valence-electron chi connectivity index (χ3n) is 2.79. The van der Waals surface area contributed by atoms with Crippen LogP contribution in [0.5, 0.6) is 11.5 Å². The van der Waals surface area contributed by atoms with Gasteiger partial charge in [-0.2, -0.15) is 0 Å². The Morgan fingerprint density at radius 1 is 1.21 bits per heavy atom. The highest BCUT2D eigenvalue weighted by atomic mass is 16.5. The van der Waals surface area contributed by atoms with Gasteiger partial charge in [0.15, 0.2) is 5.78 Å². The fourth-order valence-electron chi connectivity index (χ4n) is 1.82. The standard InChI is InChI=1S/C15H15NO3/c1-18-12-5-6-15(19-2)13(9-12)14(17)8-11-4-3-7-16-10-11/h3-7,9-10H,8H2,1-2H3. The number of rotatable bonds is 5. The van der Waals surface area contributed by atoms with Crippen LogP contribution < -0.4 is 9.47 Å². The number of ketones is 1. The average molecular weight is 257 g/mol. The molecule has 2 rings (SSSR count). The molecule has 0 saturated heterocycles. The van der Waals surface area contributed by atoms with E-state index in [9.17, 15) is 4.79 Å². The van der Waals surface area contributed by atoms with Crippen LogP contribution in [-0.4, -0.2) is 25.0 Å². The minimum absolute atomic E-state index is 0.0243. The van der Waals surface area contributed by atoms with E-state index in [2.05, 4.69) is 4.98 Å². The van der Waals surface area contributed by atoms with Crippen molar-refractivity contribution < 1.29 is 14.3 Å². The summed E-state index contributed by atoms with van der Waals surface area (Å²) in [5, 5.41) is 0. The number of ether oxygens (including phenoxy) is 2. The highest BCUT2D eigenvalue weighted by molar-refractivity contribution is 6.00. The molecule has 0 unspecified atom stereocenters. The molecular weight excluding hydrogens is 242 g/mol. The van der Waals surface area contributed by atoms with Gasteiger partial charge in [-0.1, -0.05) is 6.07 Å². The second kappa shape index (κ2) is 6.00. The van der Waals surface area contributed by atoms with Gasteiger partial charge in [0.25, 0.3) is 0 Å². The fraction of sp³-hybridized carbons (Fsp3) is 0.200. The Balaban J connectivity index is 2.27. The van der Waals surface area contributed by atoms with E-state index >= 15 is 0 Å². The topological polar surface area (TPSA) is 48.4 Å². The molecule has 1 aromatic carbocycles. The second-order valence-corrected chi connectivity index (χ2v) is 4.03. The molecule has 1 heterocycles. The molecule has 0 spiro atoms. The number of carbonyl (C=O) groups is 1. The molecule has 19 heavy (non-hydrogen) atoms. The monoisotopic (exact) mass is 257 g/mol. The van der Waals surface area contributed by atoms with Crippen molar-refractivity contribution in [3.05, 3.63) is 53.9 Å². The molecule has 0 N–H and O–H groups in total. The van der Waals surface area contributed by atoms with E-state index in [0.717, 1.165) is 5.56 Å². The maximum atomic E-state index is 12.3. The van der Waals surface area contributed by atoms with Gasteiger partial charge >= 0.3 is 0 Å². The van der Waals surface area contributed by atoms with Crippen molar-refractivity contribution in [2.45, 2.75) is 6.42 Å². The molecule has 0 aliphatic heterocycles. The first-order chi connectivity index (χ1) is 9.24. The Morgan fingerprint density at radius 3 is 2.68 bits per heavy atom. The minimum atomic E-state index is -0.0243. The normalized spacial score (nSPS) is 10.0. The lowest BCUT2D eigenvalue weighted by atomic mass is 10.0. The molecule has 0 aliphatic carbocycles. The third kappa shape index (κ3) is 3.10. The first-order valence-electron chi connectivity index (χ1n) is 5.88. The molecule has 98 valence electrons. The molecule has 2 aromatic rings. The van der Waals surface area contributed by atoms with E-state index in [1.165, 1.54) is 0 Å². The summed E-state index contributed by atoms with van der Waals surface area (Å²) in [5.74, 6) is 1.16. The molecule has 0 amide bonds. The first kappa shape index (κ1) is 13.1. The maximum absolute atomic E-state index is 12.3. The van der Waals surface area contributed by atoms with Crippen LogP contribution in [0.2, 0.25) is 0 Å². The number of hydrogen-bond acceptors (Lipinski definition) is 4. The molecule has 4 heteroatoms. The third-order valence-corrected chi connectivity index (χ3v) is 2.79. The van der Waals surface area contributed by atoms with Crippen LogP contribution in [0.3, 0.4) is 0 Å². The van der Waals surface area contributed by atoms with Crippen LogP contribution in [-0.2, 0) is 6.42 Å². The number of methoxy groups -OCH3 is 2. The van der Waals surface area contributed by atoms with Crippen LogP contribution in [0, 0.1) is 0 Å². The number of pyridine rings is 1. The molecule has 0 aliphatic rings. The van der Waals surface area contributed by atoms with Crippen LogP contribution in [0.15, 0.2) is 42.7 Å². The van der Waals surface area contributed by atoms with E-state index in [1.54, 1.807) is 44.8 Å². The Kier molecular flexibility index (Phi) is 4.13. The number of nitrogens with zero attached hydrogens (tertiary/aromatic N) is 1. The van der Waals surface area contributed by atoms with Gasteiger partial charge in [-0.25, -0.2) is 0 Å². The van der Waals surface area contributed by atoms with Gasteiger partial charge in [-0.05, 0) is 29.8 Å². The Morgan fingerprint density at radius 2 is 2.05 bits per heavy atom. The summed E-state index contributed by atoms with van der Waals surface area (Å²) >= 11 is 0. The zero-order chi connectivity index (χ0) is 13.7. The van der Waals surface area contributed by atoms with Crippen LogP contribution in [0.1, 0.15) is 15.9 Å². The largest absolute Gasteiger partial charge is 0.497 e. The molecule has 0 saturated carbocycles. The van der Waals surface area contributed by atoms with Crippen molar-refractivity contribution in [1.82, 2.24) is 4.98 Å². The maximum Gasteiger partial charge on any atom is 0.171 e. The molecular formula is C15H15NO3. The van der Waals surface area contributed by atoms with Gasteiger partial charge in [0.05, 0.1) is 19.8 Å². The molecule has 4 nitrogen and oxygen atoms in total. The summed E-state index contributed by atoms with van der Waals surface area (Å²) in [6.45, 7) is 0. The van der Waals surface area contributed by atoms with Crippen LogP contribution in [0.4, 0.5) is 0 Å². The smallest absolute Gasteiger partial charge is 0.171 e. The molecule has 0 bridgehead atoms. The lowest BCUT2D eigenvalue weighted by Crippen LogP contribution is -2.06. The molecule has 0 fully saturated rings. The predicted molar refractivity (Wildman–Crippen MR) is 71.8 cm³/mol. The second-order valence-electron chi connectivity index (χ2n) is 4.03. The van der Waals surface area contributed by atoms with Crippen molar-refractivity contribution in [2.24, 2.45) is 0 Å². The quantitative estimate of drug-likeness (QED) is 0.772. The van der Waals surface area contributed by atoms with Crippen molar-refractivity contribution in [2.75, 3.05) is 14.2 Å². The highest BCUT2D eigenvalue weighted by Crippen LogP contribution is 2.25. The van der Waals surface area contributed by atoms with Gasteiger partial charge < -0.3 is 9.47 Å². The Hall–Kier alpha value is -2.36. The summed E-state index contributed by atoms with van der Waals surface area (Å²) < 4.78 is 10.3. The van der Waals surface area contributed by atoms with Gasteiger partial charge in [0.1, 0.15) is 11.5 Å². The summed E-state index contributed by atoms with van der Waals surface area (Å²) in [4.78, 5) is 16.3. The Labute approximate surface area is 112 Å². The number of Topliss-reactive ketones (excluding diaryl/α,β-unsaturated/α-hetero) is 1. The zero-order valence-corrected chi connectivity index (χ0v) is 10.9. The van der Waals surface area contributed by atoms with Crippen molar-refractivity contribution in [3.63, 3.8) is 0 Å². The van der Waals surface area contributed by atoms with Gasteiger partial charge in [-0.3, -0.25) is 9.78 Å². The van der Waals surface area contributed by atoms with Crippen molar-refractivity contribution in [3.8, 4) is 11.5 Å². The number of hydrogen-bond donors (Lipinski definition) is 0. The number of carbonyl (C=O) groups excluding carboxylic acids is 1. The van der Waals surface area contributed by atoms with Crippen molar-refractivity contribution in [1.29, 1.82) is 0 Å². The lowest BCUT2D eigenvalue weighted by Gasteiger charge is -2.09. The fourth-order valence-corrected chi connectivity index (χ4v) is 1.82. The summed E-state index contributed by atoms with van der Waals surface area (Å²) in [6.07, 6.45) is 3.65. The van der Waals surface area contributed by atoms with E-state index < -0.39 is 0 Å². The van der Waals surface area contributed by atoms with Gasteiger partial charge in [-0.15, -0.1) is 0 Å². The van der Waals surface area contributed by atoms with E-state index in [4.69, 9.17) is 9.47 Å². The first-order valence-corrected chi connectivity index (χ1v) is 5.88. The minimum Gasteiger partial charge on any atom is -0.497 e. The van der Waals surface area contributed by atoms with E-state index in [1.807, 2.05) is 12.1 Å². The van der Waals surface area contributed by atoms with E-state index in [-0.39, 0.29) is 12.2 Å². The van der Waals surface area contributed by atoms with Crippen molar-refractivity contribution >= 4 is 5.78 Å². The summed E-state index contributed by atoms with van der Waals surface area (Å²) in [7, 11) is 3.11. The predicted octanol–water partition coefficient (Wildman–Crippen LogP) is 2.52. The number of benzene rings is 1. The average Bonchev–Trinajstić information content (AvgIpc) is 2.47. The SMILES string of the molecule is COc1ccc(OC)c(C(=O)Cc2cccnc2)c1. The Bertz CT molecular complexity index is 567. The lowest BCUT2D eigenvalue weighted by molar-refractivity contribution is 0.0989. The van der Waals surface area contributed by atoms with E-state index in [0.29, 0.717) is 17.1 Å². The zero-order valence-electron chi connectivity index (χ0n) is 10.9. The number of aromatic nitrogens is 1. The van der Waals surface area contributed by atoms with Crippen LogP contribution >= 0.6 is 0 Å². The summed E-state index contributed by atoms with van der Waals surface area (Å²) in [6, 6.07) is 8.87. The van der Waals surface area contributed by atoms with Gasteiger partial charge in [0.2, 0.25) is 0 Å².